The lowest BCUT2D eigenvalue weighted by Gasteiger charge is -2.31. The van der Waals surface area contributed by atoms with Crippen LogP contribution in [0.15, 0.2) is 29.0 Å². The van der Waals surface area contributed by atoms with Crippen molar-refractivity contribution in [3.8, 4) is 11.4 Å². The first-order chi connectivity index (χ1) is 13.2. The molecule has 9 nitrogen and oxygen atoms in total. The molecule has 0 bridgehead atoms. The van der Waals surface area contributed by atoms with Gasteiger partial charge in [0, 0.05) is 51.1 Å². The fourth-order valence-electron chi connectivity index (χ4n) is 3.04. The molecule has 144 valence electrons. The Kier molecular flexibility index (Phi) is 6.48. The van der Waals surface area contributed by atoms with Crippen molar-refractivity contribution < 1.29 is 18.8 Å². The number of carbonyl (C=O) groups excluding carboxylic acids is 2. The van der Waals surface area contributed by atoms with Gasteiger partial charge in [0.05, 0.1) is 5.92 Å². The number of carbonyl (C=O) groups is 2. The van der Waals surface area contributed by atoms with Crippen molar-refractivity contribution in [3.63, 3.8) is 0 Å². The number of piperidine rings is 1. The Bertz CT molecular complexity index is 764. The van der Waals surface area contributed by atoms with Crippen LogP contribution in [0.3, 0.4) is 0 Å². The molecule has 1 N–H and O–H groups in total. The molecule has 27 heavy (non-hydrogen) atoms. The lowest BCUT2D eigenvalue weighted by atomic mass is 9.97. The van der Waals surface area contributed by atoms with E-state index in [1.54, 1.807) is 23.4 Å². The third-order valence-corrected chi connectivity index (χ3v) is 4.44. The molecule has 3 heterocycles. The quantitative estimate of drug-likeness (QED) is 0.759. The standard InChI is InChI=1S/C18H23N5O4/c1-26-12-16(24)23-9-3-5-14(11-23)18(25)20-8-6-15-21-17(22-27-15)13-4-2-7-19-10-13/h2,4,7,10,14H,3,5-6,8-9,11-12H2,1H3,(H,20,25). The van der Waals surface area contributed by atoms with E-state index in [1.165, 1.54) is 7.11 Å². The molecule has 1 saturated heterocycles. The van der Waals surface area contributed by atoms with Crippen molar-refractivity contribution in [2.75, 3.05) is 33.4 Å². The fourth-order valence-corrected chi connectivity index (χ4v) is 3.04. The molecule has 3 rings (SSSR count). The molecule has 0 aliphatic carbocycles. The van der Waals surface area contributed by atoms with Crippen LogP contribution in [-0.4, -0.2) is 65.2 Å². The summed E-state index contributed by atoms with van der Waals surface area (Å²) in [6.45, 7) is 1.55. The minimum absolute atomic E-state index is 0.0464. The van der Waals surface area contributed by atoms with Gasteiger partial charge in [0.1, 0.15) is 6.61 Å². The van der Waals surface area contributed by atoms with Gasteiger partial charge in [-0.3, -0.25) is 14.6 Å². The average Bonchev–Trinajstić information content (AvgIpc) is 3.18. The molecule has 1 aliphatic rings. The van der Waals surface area contributed by atoms with Crippen LogP contribution >= 0.6 is 0 Å². The summed E-state index contributed by atoms with van der Waals surface area (Å²) in [7, 11) is 1.49. The van der Waals surface area contributed by atoms with E-state index in [2.05, 4.69) is 20.4 Å². The highest BCUT2D eigenvalue weighted by Crippen LogP contribution is 2.17. The molecule has 2 amide bonds. The molecule has 2 aromatic heterocycles. The van der Waals surface area contributed by atoms with Crippen LogP contribution in [0, 0.1) is 5.92 Å². The number of rotatable bonds is 7. The maximum Gasteiger partial charge on any atom is 0.248 e. The summed E-state index contributed by atoms with van der Waals surface area (Å²) in [5, 5.41) is 6.82. The first-order valence-electron chi connectivity index (χ1n) is 8.94. The van der Waals surface area contributed by atoms with Crippen LogP contribution < -0.4 is 5.32 Å². The van der Waals surface area contributed by atoms with E-state index in [-0.39, 0.29) is 24.3 Å². The van der Waals surface area contributed by atoms with Gasteiger partial charge in [-0.2, -0.15) is 4.98 Å². The SMILES string of the molecule is COCC(=O)N1CCCC(C(=O)NCCc2nc(-c3cccnc3)no2)C1. The van der Waals surface area contributed by atoms with E-state index in [0.29, 0.717) is 37.8 Å². The first kappa shape index (κ1) is 19.0. The molecule has 1 fully saturated rings. The second-order valence-electron chi connectivity index (χ2n) is 6.41. The lowest BCUT2D eigenvalue weighted by Crippen LogP contribution is -2.46. The Morgan fingerprint density at radius 3 is 3.11 bits per heavy atom. The molecular weight excluding hydrogens is 350 g/mol. The van der Waals surface area contributed by atoms with E-state index in [4.69, 9.17) is 9.26 Å². The molecule has 2 aromatic rings. The van der Waals surface area contributed by atoms with Crippen LogP contribution in [0.4, 0.5) is 0 Å². The number of pyridine rings is 1. The van der Waals surface area contributed by atoms with Gasteiger partial charge in [0.25, 0.3) is 0 Å². The van der Waals surface area contributed by atoms with Crippen LogP contribution in [0.2, 0.25) is 0 Å². The van der Waals surface area contributed by atoms with Crippen LogP contribution in [-0.2, 0) is 20.7 Å². The Balaban J connectivity index is 1.45. The van der Waals surface area contributed by atoms with Crippen molar-refractivity contribution in [3.05, 3.63) is 30.4 Å². The normalized spacial score (nSPS) is 16.9. The zero-order valence-corrected chi connectivity index (χ0v) is 15.3. The third kappa shape index (κ3) is 5.10. The highest BCUT2D eigenvalue weighted by Gasteiger charge is 2.28. The average molecular weight is 373 g/mol. The molecule has 0 radical (unpaired) electrons. The first-order valence-corrected chi connectivity index (χ1v) is 8.94. The summed E-state index contributed by atoms with van der Waals surface area (Å²) in [6.07, 6.45) is 5.36. The summed E-state index contributed by atoms with van der Waals surface area (Å²) < 4.78 is 10.1. The highest BCUT2D eigenvalue weighted by atomic mass is 16.5. The van der Waals surface area contributed by atoms with Crippen molar-refractivity contribution in [2.24, 2.45) is 5.92 Å². The Hall–Kier alpha value is -2.81. The smallest absolute Gasteiger partial charge is 0.248 e. The number of hydrogen-bond donors (Lipinski definition) is 1. The molecule has 0 saturated carbocycles. The summed E-state index contributed by atoms with van der Waals surface area (Å²) >= 11 is 0. The lowest BCUT2D eigenvalue weighted by molar-refractivity contribution is -0.138. The molecule has 9 heteroatoms. The summed E-state index contributed by atoms with van der Waals surface area (Å²) in [5.74, 6) is 0.590. The van der Waals surface area contributed by atoms with E-state index in [9.17, 15) is 9.59 Å². The van der Waals surface area contributed by atoms with Crippen molar-refractivity contribution >= 4 is 11.8 Å². The summed E-state index contributed by atoms with van der Waals surface area (Å²) in [6, 6.07) is 3.65. The number of methoxy groups -OCH3 is 1. The van der Waals surface area contributed by atoms with Gasteiger partial charge in [-0.1, -0.05) is 5.16 Å². The van der Waals surface area contributed by atoms with Gasteiger partial charge >= 0.3 is 0 Å². The molecule has 1 aliphatic heterocycles. The van der Waals surface area contributed by atoms with Gasteiger partial charge in [0.15, 0.2) is 0 Å². The second-order valence-corrected chi connectivity index (χ2v) is 6.41. The number of ether oxygens (including phenoxy) is 1. The summed E-state index contributed by atoms with van der Waals surface area (Å²) in [4.78, 5) is 34.3. The number of likely N-dealkylation sites (tertiary alicyclic amines) is 1. The number of nitrogens with one attached hydrogen (secondary N) is 1. The Morgan fingerprint density at radius 2 is 2.33 bits per heavy atom. The number of amides is 2. The number of aromatic nitrogens is 3. The van der Waals surface area contributed by atoms with Gasteiger partial charge in [0.2, 0.25) is 23.5 Å². The topological polar surface area (TPSA) is 110 Å². The third-order valence-electron chi connectivity index (χ3n) is 4.44. The maximum absolute atomic E-state index is 12.4. The summed E-state index contributed by atoms with van der Waals surface area (Å²) in [5.41, 5.74) is 0.777. The van der Waals surface area contributed by atoms with E-state index in [0.717, 1.165) is 18.4 Å². The minimum Gasteiger partial charge on any atom is -0.375 e. The number of nitrogens with zero attached hydrogens (tertiary/aromatic N) is 4. The van der Waals surface area contributed by atoms with E-state index >= 15 is 0 Å². The fraction of sp³-hybridized carbons (Fsp3) is 0.500. The van der Waals surface area contributed by atoms with Gasteiger partial charge in [-0.25, -0.2) is 0 Å². The van der Waals surface area contributed by atoms with Gasteiger partial charge < -0.3 is 19.5 Å². The molecule has 0 spiro atoms. The Morgan fingerprint density at radius 1 is 1.44 bits per heavy atom. The van der Waals surface area contributed by atoms with Crippen LogP contribution in [0.5, 0.6) is 0 Å². The zero-order valence-electron chi connectivity index (χ0n) is 15.3. The maximum atomic E-state index is 12.4. The molecular formula is C18H23N5O4. The van der Waals surface area contributed by atoms with Crippen molar-refractivity contribution in [2.45, 2.75) is 19.3 Å². The zero-order chi connectivity index (χ0) is 19.1. The molecule has 1 atom stereocenters. The second kappa shape index (κ2) is 9.22. The number of hydrogen-bond acceptors (Lipinski definition) is 7. The molecule has 1 unspecified atom stereocenters. The van der Waals surface area contributed by atoms with Gasteiger partial charge in [-0.05, 0) is 25.0 Å². The Labute approximate surface area is 157 Å². The van der Waals surface area contributed by atoms with Crippen LogP contribution in [0.25, 0.3) is 11.4 Å². The predicted octanol–water partition coefficient (Wildman–Crippen LogP) is 0.675. The predicted molar refractivity (Wildman–Crippen MR) is 95.4 cm³/mol. The van der Waals surface area contributed by atoms with E-state index in [1.807, 2.05) is 6.07 Å². The van der Waals surface area contributed by atoms with Crippen molar-refractivity contribution in [1.29, 1.82) is 0 Å². The van der Waals surface area contributed by atoms with Crippen molar-refractivity contribution in [1.82, 2.24) is 25.3 Å². The van der Waals surface area contributed by atoms with Gasteiger partial charge in [-0.15, -0.1) is 0 Å². The minimum atomic E-state index is -0.201. The molecule has 0 aromatic carbocycles. The van der Waals surface area contributed by atoms with E-state index < -0.39 is 0 Å². The van der Waals surface area contributed by atoms with Crippen LogP contribution in [0.1, 0.15) is 18.7 Å². The largest absolute Gasteiger partial charge is 0.375 e. The monoisotopic (exact) mass is 373 g/mol. The highest BCUT2D eigenvalue weighted by molar-refractivity contribution is 5.81.